The summed E-state index contributed by atoms with van der Waals surface area (Å²) in [5, 5.41) is 2.64. The van der Waals surface area contributed by atoms with Gasteiger partial charge in [0, 0.05) is 0 Å². The molecular formula is C14H21F3N2O2. The topological polar surface area (TPSA) is 49.4 Å². The summed E-state index contributed by atoms with van der Waals surface area (Å²) in [6, 6.07) is -0.931. The molecule has 1 saturated heterocycles. The Morgan fingerprint density at radius 2 is 1.76 bits per heavy atom. The second-order valence-corrected chi connectivity index (χ2v) is 7.23. The van der Waals surface area contributed by atoms with Gasteiger partial charge in [-0.1, -0.05) is 20.8 Å². The molecule has 1 N–H and O–H groups in total. The molecule has 0 aromatic carbocycles. The van der Waals surface area contributed by atoms with Crippen LogP contribution >= 0.6 is 0 Å². The zero-order chi connectivity index (χ0) is 16.2. The molecule has 7 heteroatoms. The van der Waals surface area contributed by atoms with Crippen molar-refractivity contribution in [1.82, 2.24) is 10.2 Å². The molecule has 2 atom stereocenters. The Morgan fingerprint density at radius 1 is 1.24 bits per heavy atom. The first kappa shape index (κ1) is 16.1. The molecule has 0 aromatic heterocycles. The summed E-state index contributed by atoms with van der Waals surface area (Å²) in [4.78, 5) is 25.7. The average molecular weight is 306 g/mol. The van der Waals surface area contributed by atoms with Crippen LogP contribution in [0.4, 0.5) is 13.2 Å². The molecule has 2 rings (SSSR count). The van der Waals surface area contributed by atoms with Crippen LogP contribution in [0.1, 0.15) is 40.5 Å². The van der Waals surface area contributed by atoms with Gasteiger partial charge in [-0.3, -0.25) is 9.59 Å². The summed E-state index contributed by atoms with van der Waals surface area (Å²) in [6.07, 6.45) is -3.18. The van der Waals surface area contributed by atoms with E-state index in [1.54, 1.807) is 20.8 Å². The lowest BCUT2D eigenvalue weighted by Crippen LogP contribution is -2.73. The monoisotopic (exact) mass is 306 g/mol. The summed E-state index contributed by atoms with van der Waals surface area (Å²) in [5.74, 6) is -1.31. The Bertz CT molecular complexity index is 466. The van der Waals surface area contributed by atoms with E-state index in [1.807, 2.05) is 0 Å². The van der Waals surface area contributed by atoms with Crippen LogP contribution in [0.3, 0.4) is 0 Å². The van der Waals surface area contributed by atoms with Crippen LogP contribution in [0.2, 0.25) is 0 Å². The number of hydrogen-bond donors (Lipinski definition) is 1. The first-order valence-corrected chi connectivity index (χ1v) is 7.06. The van der Waals surface area contributed by atoms with Crippen molar-refractivity contribution in [2.45, 2.75) is 58.3 Å². The predicted octanol–water partition coefficient (Wildman–Crippen LogP) is 2.09. The number of piperazine rings is 1. The Labute approximate surface area is 122 Å². The molecule has 0 aromatic rings. The van der Waals surface area contributed by atoms with Crippen molar-refractivity contribution < 1.29 is 22.8 Å². The average Bonchev–Trinajstić information content (AvgIpc) is 3.10. The van der Waals surface area contributed by atoms with Crippen molar-refractivity contribution in [3.8, 4) is 0 Å². The number of carbonyl (C=O) groups excluding carboxylic acids is 2. The molecule has 0 radical (unpaired) electrons. The maximum Gasteiger partial charge on any atom is 0.406 e. The van der Waals surface area contributed by atoms with Gasteiger partial charge in [-0.25, -0.2) is 0 Å². The second kappa shape index (κ2) is 4.61. The Hall–Kier alpha value is -1.27. The molecule has 2 fully saturated rings. The van der Waals surface area contributed by atoms with Gasteiger partial charge < -0.3 is 10.2 Å². The smallest absolute Gasteiger partial charge is 0.342 e. The first-order chi connectivity index (χ1) is 9.37. The van der Waals surface area contributed by atoms with Crippen LogP contribution < -0.4 is 5.32 Å². The van der Waals surface area contributed by atoms with E-state index in [-0.39, 0.29) is 5.92 Å². The predicted molar refractivity (Wildman–Crippen MR) is 70.3 cm³/mol. The molecule has 0 spiro atoms. The zero-order valence-electron chi connectivity index (χ0n) is 12.7. The van der Waals surface area contributed by atoms with Crippen molar-refractivity contribution in [3.63, 3.8) is 0 Å². The van der Waals surface area contributed by atoms with Crippen molar-refractivity contribution in [3.05, 3.63) is 0 Å². The number of halogens is 3. The standard InChI is InChI=1S/C14H21F3N2O2/c1-12(2,3)9-10(20)19(7-14(15,16)17)13(4,8-5-6-8)11(21)18-9/h8-9H,5-7H2,1-4H3,(H,18,21). The quantitative estimate of drug-likeness (QED) is 0.849. The molecule has 1 aliphatic carbocycles. The van der Waals surface area contributed by atoms with E-state index >= 15 is 0 Å². The minimum absolute atomic E-state index is 0.190. The number of amides is 2. The number of carbonyl (C=O) groups is 2. The molecule has 1 aliphatic heterocycles. The number of rotatable bonds is 2. The van der Waals surface area contributed by atoms with Crippen LogP contribution in [-0.2, 0) is 9.59 Å². The fourth-order valence-corrected chi connectivity index (χ4v) is 2.91. The summed E-state index contributed by atoms with van der Waals surface area (Å²) in [5.41, 5.74) is -2.03. The van der Waals surface area contributed by atoms with Gasteiger partial charge in [0.25, 0.3) is 0 Å². The molecule has 1 saturated carbocycles. The highest BCUT2D eigenvalue weighted by atomic mass is 19.4. The third kappa shape index (κ3) is 2.87. The normalized spacial score (nSPS) is 31.4. The minimum Gasteiger partial charge on any atom is -0.342 e. The van der Waals surface area contributed by atoms with Crippen LogP contribution in [0.15, 0.2) is 0 Å². The van der Waals surface area contributed by atoms with Gasteiger partial charge in [0.05, 0.1) is 0 Å². The van der Waals surface area contributed by atoms with E-state index < -0.39 is 41.5 Å². The maximum atomic E-state index is 12.9. The number of hydrogen-bond acceptors (Lipinski definition) is 2. The summed E-state index contributed by atoms with van der Waals surface area (Å²) in [7, 11) is 0. The highest BCUT2D eigenvalue weighted by molar-refractivity contribution is 6.00. The molecule has 2 aliphatic rings. The molecule has 4 nitrogen and oxygen atoms in total. The number of nitrogens with zero attached hydrogens (tertiary/aromatic N) is 1. The van der Waals surface area contributed by atoms with Crippen molar-refractivity contribution in [1.29, 1.82) is 0 Å². The Balaban J connectivity index is 2.40. The number of alkyl halides is 3. The van der Waals surface area contributed by atoms with Crippen molar-refractivity contribution in [2.75, 3.05) is 6.54 Å². The van der Waals surface area contributed by atoms with E-state index in [1.165, 1.54) is 6.92 Å². The van der Waals surface area contributed by atoms with Gasteiger partial charge in [0.1, 0.15) is 18.1 Å². The lowest BCUT2D eigenvalue weighted by Gasteiger charge is -2.49. The lowest BCUT2D eigenvalue weighted by atomic mass is 9.80. The van der Waals surface area contributed by atoms with Gasteiger partial charge in [0.2, 0.25) is 11.8 Å². The van der Waals surface area contributed by atoms with Crippen molar-refractivity contribution >= 4 is 11.8 Å². The molecule has 1 heterocycles. The molecule has 120 valence electrons. The number of nitrogens with one attached hydrogen (secondary N) is 1. The van der Waals surface area contributed by atoms with Gasteiger partial charge >= 0.3 is 6.18 Å². The molecule has 21 heavy (non-hydrogen) atoms. The van der Waals surface area contributed by atoms with Gasteiger partial charge in [0.15, 0.2) is 0 Å². The highest BCUT2D eigenvalue weighted by Crippen LogP contribution is 2.46. The molecule has 0 bridgehead atoms. The summed E-state index contributed by atoms with van der Waals surface area (Å²) >= 11 is 0. The third-order valence-corrected chi connectivity index (χ3v) is 4.38. The van der Waals surface area contributed by atoms with Gasteiger partial charge in [-0.05, 0) is 31.1 Å². The lowest BCUT2D eigenvalue weighted by molar-refractivity contribution is -0.186. The van der Waals surface area contributed by atoms with Gasteiger partial charge in [-0.15, -0.1) is 0 Å². The van der Waals surface area contributed by atoms with E-state index in [0.29, 0.717) is 12.8 Å². The Morgan fingerprint density at radius 3 is 2.14 bits per heavy atom. The maximum absolute atomic E-state index is 12.9. The van der Waals surface area contributed by atoms with Crippen LogP contribution in [0, 0.1) is 11.3 Å². The fraction of sp³-hybridized carbons (Fsp3) is 0.857. The largest absolute Gasteiger partial charge is 0.406 e. The SMILES string of the molecule is CC(C)(C)C1NC(=O)C(C)(C2CC2)N(CC(F)(F)F)C1=O. The van der Waals surface area contributed by atoms with Crippen LogP contribution in [0.25, 0.3) is 0 Å². The second-order valence-electron chi connectivity index (χ2n) is 7.23. The van der Waals surface area contributed by atoms with Crippen molar-refractivity contribution in [2.24, 2.45) is 11.3 Å². The third-order valence-electron chi connectivity index (χ3n) is 4.38. The fourth-order valence-electron chi connectivity index (χ4n) is 2.91. The van der Waals surface area contributed by atoms with Crippen LogP contribution in [-0.4, -0.2) is 41.0 Å². The summed E-state index contributed by atoms with van der Waals surface area (Å²) in [6.45, 7) is 5.24. The van der Waals surface area contributed by atoms with Gasteiger partial charge in [-0.2, -0.15) is 13.2 Å². The first-order valence-electron chi connectivity index (χ1n) is 7.06. The van der Waals surface area contributed by atoms with E-state index in [9.17, 15) is 22.8 Å². The molecule has 2 unspecified atom stereocenters. The molecular weight excluding hydrogens is 285 g/mol. The van der Waals surface area contributed by atoms with E-state index in [2.05, 4.69) is 5.32 Å². The Kier molecular flexibility index (Phi) is 3.54. The van der Waals surface area contributed by atoms with E-state index in [4.69, 9.17) is 0 Å². The molecule has 2 amide bonds. The summed E-state index contributed by atoms with van der Waals surface area (Å²) < 4.78 is 38.6. The van der Waals surface area contributed by atoms with Crippen LogP contribution in [0.5, 0.6) is 0 Å². The zero-order valence-corrected chi connectivity index (χ0v) is 12.7. The highest BCUT2D eigenvalue weighted by Gasteiger charge is 2.60. The van der Waals surface area contributed by atoms with E-state index in [0.717, 1.165) is 4.90 Å². The minimum atomic E-state index is -4.52.